The van der Waals surface area contributed by atoms with E-state index in [-0.39, 0.29) is 11.6 Å². The Morgan fingerprint density at radius 2 is 1.81 bits per heavy atom. The molecule has 0 bridgehead atoms. The van der Waals surface area contributed by atoms with E-state index in [0.29, 0.717) is 27.8 Å². The Morgan fingerprint density at radius 1 is 1.11 bits per heavy atom. The van der Waals surface area contributed by atoms with Crippen LogP contribution in [0.1, 0.15) is 31.9 Å². The molecule has 0 N–H and O–H groups in total. The van der Waals surface area contributed by atoms with Gasteiger partial charge < -0.3 is 9.74 Å². The van der Waals surface area contributed by atoms with Gasteiger partial charge in [0.25, 0.3) is 5.91 Å². The smallest absolute Gasteiger partial charge is 0.317 e. The van der Waals surface area contributed by atoms with E-state index in [1.807, 2.05) is 12.1 Å². The maximum atomic E-state index is 12.9. The maximum absolute atomic E-state index is 12.9. The standard InChI is InChI=1S/C20H18Cl2N2O3/c1-20(2,3)19(26)27-23-17-13-6-4-5-7-16(13)24(18(17)25)11-12-8-9-14(21)15(22)10-12/h4-10H,11H2,1-3H3/b23-17+. The van der Waals surface area contributed by atoms with Crippen molar-refractivity contribution < 1.29 is 14.4 Å². The fourth-order valence-corrected chi connectivity index (χ4v) is 2.87. The Hall–Kier alpha value is -2.37. The van der Waals surface area contributed by atoms with E-state index < -0.39 is 11.4 Å². The van der Waals surface area contributed by atoms with Crippen molar-refractivity contribution in [2.75, 3.05) is 4.90 Å². The van der Waals surface area contributed by atoms with Crippen LogP contribution in [0.5, 0.6) is 0 Å². The molecule has 0 unspecified atom stereocenters. The molecule has 0 spiro atoms. The van der Waals surface area contributed by atoms with Crippen molar-refractivity contribution in [3.63, 3.8) is 0 Å². The number of rotatable bonds is 3. The van der Waals surface area contributed by atoms with Crippen LogP contribution in [0.3, 0.4) is 0 Å². The zero-order valence-electron chi connectivity index (χ0n) is 15.1. The van der Waals surface area contributed by atoms with E-state index in [9.17, 15) is 9.59 Å². The molecular weight excluding hydrogens is 387 g/mol. The molecule has 5 nitrogen and oxygen atoms in total. The van der Waals surface area contributed by atoms with E-state index in [2.05, 4.69) is 5.16 Å². The highest BCUT2D eigenvalue weighted by atomic mass is 35.5. The van der Waals surface area contributed by atoms with Crippen molar-refractivity contribution in [2.45, 2.75) is 27.3 Å². The lowest BCUT2D eigenvalue weighted by Gasteiger charge is -2.17. The van der Waals surface area contributed by atoms with Crippen molar-refractivity contribution >= 4 is 46.5 Å². The fourth-order valence-electron chi connectivity index (χ4n) is 2.55. The molecule has 0 fully saturated rings. The minimum atomic E-state index is -0.717. The summed E-state index contributed by atoms with van der Waals surface area (Å²) in [4.78, 5) is 31.5. The van der Waals surface area contributed by atoms with Crippen LogP contribution in [-0.4, -0.2) is 17.6 Å². The molecular formula is C20H18Cl2N2O3. The zero-order valence-corrected chi connectivity index (χ0v) is 16.6. The Balaban J connectivity index is 1.92. The summed E-state index contributed by atoms with van der Waals surface area (Å²) in [6.07, 6.45) is 0. The lowest BCUT2D eigenvalue weighted by molar-refractivity contribution is -0.152. The van der Waals surface area contributed by atoms with Gasteiger partial charge in [-0.05, 0) is 44.5 Å². The average molecular weight is 405 g/mol. The molecule has 140 valence electrons. The summed E-state index contributed by atoms with van der Waals surface area (Å²) in [5.74, 6) is -0.854. The third-order valence-corrected chi connectivity index (χ3v) is 4.79. The van der Waals surface area contributed by atoms with Gasteiger partial charge in [-0.3, -0.25) is 4.79 Å². The summed E-state index contributed by atoms with van der Waals surface area (Å²) in [5, 5.41) is 4.73. The molecule has 2 aromatic rings. The van der Waals surface area contributed by atoms with Gasteiger partial charge in [0.1, 0.15) is 0 Å². The number of para-hydroxylation sites is 1. The monoisotopic (exact) mass is 404 g/mol. The maximum Gasteiger partial charge on any atom is 0.340 e. The van der Waals surface area contributed by atoms with Crippen molar-refractivity contribution in [1.82, 2.24) is 0 Å². The minimum Gasteiger partial charge on any atom is -0.317 e. The fraction of sp³-hybridized carbons (Fsp3) is 0.250. The first-order valence-corrected chi connectivity index (χ1v) is 9.08. The molecule has 1 amide bonds. The van der Waals surface area contributed by atoms with Gasteiger partial charge in [0, 0.05) is 5.56 Å². The zero-order chi connectivity index (χ0) is 19.8. The molecule has 3 rings (SSSR count). The van der Waals surface area contributed by atoms with Crippen LogP contribution in [0.2, 0.25) is 10.0 Å². The lowest BCUT2D eigenvalue weighted by Crippen LogP contribution is -2.30. The third kappa shape index (κ3) is 3.99. The lowest BCUT2D eigenvalue weighted by atomic mass is 9.98. The normalized spacial score (nSPS) is 15.2. The molecule has 0 saturated carbocycles. The summed E-state index contributed by atoms with van der Waals surface area (Å²) in [6.45, 7) is 5.45. The molecule has 1 aliphatic heterocycles. The van der Waals surface area contributed by atoms with E-state index in [0.717, 1.165) is 5.56 Å². The number of oxime groups is 1. The summed E-state index contributed by atoms with van der Waals surface area (Å²) in [7, 11) is 0. The second kappa shape index (κ2) is 7.33. The molecule has 2 aromatic carbocycles. The van der Waals surface area contributed by atoms with Gasteiger partial charge in [-0.2, -0.15) is 0 Å². The van der Waals surface area contributed by atoms with Crippen molar-refractivity contribution in [2.24, 2.45) is 10.6 Å². The number of nitrogens with zero attached hydrogens (tertiary/aromatic N) is 2. The highest BCUT2D eigenvalue weighted by molar-refractivity contribution is 6.54. The van der Waals surface area contributed by atoms with Crippen molar-refractivity contribution in [1.29, 1.82) is 0 Å². The number of carbonyl (C=O) groups excluding carboxylic acids is 2. The first-order chi connectivity index (χ1) is 12.7. The quantitative estimate of drug-likeness (QED) is 0.543. The summed E-state index contributed by atoms with van der Waals surface area (Å²) in [5.41, 5.74) is 1.51. The van der Waals surface area contributed by atoms with Gasteiger partial charge in [-0.15, -0.1) is 0 Å². The molecule has 0 aliphatic carbocycles. The van der Waals surface area contributed by atoms with Crippen LogP contribution in [0.4, 0.5) is 5.69 Å². The number of benzene rings is 2. The summed E-state index contributed by atoms with van der Waals surface area (Å²) >= 11 is 12.0. The highest BCUT2D eigenvalue weighted by Gasteiger charge is 2.35. The van der Waals surface area contributed by atoms with Gasteiger partial charge in [-0.1, -0.05) is 52.6 Å². The van der Waals surface area contributed by atoms with Crippen LogP contribution in [0.15, 0.2) is 47.6 Å². The van der Waals surface area contributed by atoms with Crippen LogP contribution in [0.25, 0.3) is 0 Å². The first-order valence-electron chi connectivity index (χ1n) is 8.33. The number of anilines is 1. The molecule has 27 heavy (non-hydrogen) atoms. The second-order valence-corrected chi connectivity index (χ2v) is 8.04. The van der Waals surface area contributed by atoms with E-state index in [1.165, 1.54) is 0 Å². The van der Waals surface area contributed by atoms with Gasteiger partial charge >= 0.3 is 5.97 Å². The van der Waals surface area contributed by atoms with Crippen LogP contribution >= 0.6 is 23.2 Å². The molecule has 1 aliphatic rings. The number of fused-ring (bicyclic) bond motifs is 1. The topological polar surface area (TPSA) is 59.0 Å². The molecule has 1 heterocycles. The predicted octanol–water partition coefficient (Wildman–Crippen LogP) is 4.83. The molecule has 7 heteroatoms. The van der Waals surface area contributed by atoms with Gasteiger partial charge in [-0.25, -0.2) is 4.79 Å². The van der Waals surface area contributed by atoms with Crippen LogP contribution in [-0.2, 0) is 21.0 Å². The van der Waals surface area contributed by atoms with Crippen molar-refractivity contribution in [3.05, 3.63) is 63.6 Å². The first kappa shape index (κ1) is 19.4. The van der Waals surface area contributed by atoms with E-state index in [1.54, 1.807) is 56.0 Å². The van der Waals surface area contributed by atoms with E-state index >= 15 is 0 Å². The van der Waals surface area contributed by atoms with Gasteiger partial charge in [0.2, 0.25) is 0 Å². The largest absolute Gasteiger partial charge is 0.340 e. The average Bonchev–Trinajstić information content (AvgIpc) is 2.87. The van der Waals surface area contributed by atoms with Crippen LogP contribution < -0.4 is 4.90 Å². The van der Waals surface area contributed by atoms with E-state index in [4.69, 9.17) is 28.0 Å². The SMILES string of the molecule is CC(C)(C)C(=O)O/N=C1/C(=O)N(Cc2ccc(Cl)c(Cl)c2)c2ccccc21. The summed E-state index contributed by atoms with van der Waals surface area (Å²) < 4.78 is 0. The number of carbonyl (C=O) groups is 2. The highest BCUT2D eigenvalue weighted by Crippen LogP contribution is 2.32. The number of hydrogen-bond acceptors (Lipinski definition) is 4. The van der Waals surface area contributed by atoms with Crippen LogP contribution in [0, 0.1) is 5.41 Å². The van der Waals surface area contributed by atoms with Gasteiger partial charge in [0.15, 0.2) is 5.71 Å². The van der Waals surface area contributed by atoms with Gasteiger partial charge in [0.05, 0.1) is 27.7 Å². The molecule has 0 radical (unpaired) electrons. The number of amides is 1. The Bertz CT molecular complexity index is 948. The second-order valence-electron chi connectivity index (χ2n) is 7.23. The number of hydrogen-bond donors (Lipinski definition) is 0. The number of halogens is 2. The minimum absolute atomic E-state index is 0.100. The summed E-state index contributed by atoms with van der Waals surface area (Å²) in [6, 6.07) is 12.4. The molecule has 0 aromatic heterocycles. The van der Waals surface area contributed by atoms with Crippen molar-refractivity contribution in [3.8, 4) is 0 Å². The predicted molar refractivity (Wildman–Crippen MR) is 106 cm³/mol. The Morgan fingerprint density at radius 3 is 2.48 bits per heavy atom. The molecule has 0 saturated heterocycles. The molecule has 0 atom stereocenters. The Labute approximate surface area is 167 Å². The Kier molecular flexibility index (Phi) is 5.27. The third-order valence-electron chi connectivity index (χ3n) is 4.05.